The monoisotopic (exact) mass is 425 g/mol. The van der Waals surface area contributed by atoms with Crippen molar-refractivity contribution in [2.45, 2.75) is 19.8 Å². The number of pyridine rings is 1. The van der Waals surface area contributed by atoms with Gasteiger partial charge < -0.3 is 30.3 Å². The largest absolute Gasteiger partial charge is 0.395 e. The zero-order valence-electron chi connectivity index (χ0n) is 18.1. The molecule has 0 unspecified atom stereocenters. The number of hydrogen-bond acceptors (Lipinski definition) is 6. The van der Waals surface area contributed by atoms with Crippen molar-refractivity contribution < 1.29 is 14.6 Å². The van der Waals surface area contributed by atoms with E-state index in [2.05, 4.69) is 28.5 Å². The summed E-state index contributed by atoms with van der Waals surface area (Å²) in [5, 5.41) is 15.5. The van der Waals surface area contributed by atoms with Gasteiger partial charge in [-0.1, -0.05) is 6.07 Å². The number of nitrogens with zero attached hydrogens (tertiary/aromatic N) is 3. The molecule has 2 amide bonds. The second-order valence-corrected chi connectivity index (χ2v) is 8.00. The molecule has 2 saturated heterocycles. The maximum absolute atomic E-state index is 12.5. The number of ether oxygens (including phenoxy) is 1. The van der Waals surface area contributed by atoms with E-state index in [1.54, 1.807) is 0 Å². The van der Waals surface area contributed by atoms with E-state index in [0.717, 1.165) is 73.0 Å². The lowest BCUT2D eigenvalue weighted by molar-refractivity contribution is 0.122. The van der Waals surface area contributed by atoms with Gasteiger partial charge in [-0.3, -0.25) is 0 Å². The number of urea groups is 1. The number of aliphatic hydroxyl groups excluding tert-OH is 1. The summed E-state index contributed by atoms with van der Waals surface area (Å²) in [6.07, 6.45) is 2.13. The van der Waals surface area contributed by atoms with Crippen LogP contribution in [0.4, 0.5) is 22.1 Å². The van der Waals surface area contributed by atoms with Crippen LogP contribution in [-0.2, 0) is 4.74 Å². The van der Waals surface area contributed by atoms with Crippen molar-refractivity contribution in [3.63, 3.8) is 0 Å². The van der Waals surface area contributed by atoms with Gasteiger partial charge in [0.2, 0.25) is 0 Å². The highest BCUT2D eigenvalue weighted by molar-refractivity contribution is 5.90. The lowest BCUT2D eigenvalue weighted by Crippen LogP contribution is -2.36. The summed E-state index contributed by atoms with van der Waals surface area (Å²) < 4.78 is 5.48. The minimum Gasteiger partial charge on any atom is -0.395 e. The number of hydrogen-bond donors (Lipinski definition) is 3. The first-order valence-corrected chi connectivity index (χ1v) is 11.0. The molecule has 1 aromatic heterocycles. The highest BCUT2D eigenvalue weighted by Crippen LogP contribution is 2.31. The van der Waals surface area contributed by atoms with Gasteiger partial charge >= 0.3 is 6.03 Å². The second kappa shape index (κ2) is 9.98. The molecule has 166 valence electrons. The summed E-state index contributed by atoms with van der Waals surface area (Å²) in [5.41, 5.74) is 3.97. The number of carbonyl (C=O) groups excluding carboxylic acids is 1. The molecule has 8 heteroatoms. The number of amides is 2. The Labute approximate surface area is 183 Å². The number of likely N-dealkylation sites (tertiary alicyclic amines) is 1. The molecular formula is C23H31N5O3. The number of aromatic nitrogens is 1. The van der Waals surface area contributed by atoms with E-state index in [-0.39, 0.29) is 12.6 Å². The Balaban J connectivity index is 1.64. The van der Waals surface area contributed by atoms with Crippen molar-refractivity contribution in [2.75, 3.05) is 68.1 Å². The molecule has 2 aliphatic rings. The Hall–Kier alpha value is -2.84. The average Bonchev–Trinajstić information content (AvgIpc) is 3.34. The van der Waals surface area contributed by atoms with Gasteiger partial charge in [-0.05, 0) is 60.7 Å². The van der Waals surface area contributed by atoms with E-state index in [4.69, 9.17) is 9.72 Å². The van der Waals surface area contributed by atoms with Gasteiger partial charge in [0.1, 0.15) is 11.6 Å². The maximum atomic E-state index is 12.5. The van der Waals surface area contributed by atoms with E-state index in [1.807, 2.05) is 29.2 Å². The van der Waals surface area contributed by atoms with E-state index < -0.39 is 0 Å². The Morgan fingerprint density at radius 1 is 1.13 bits per heavy atom. The lowest BCUT2D eigenvalue weighted by Gasteiger charge is -2.28. The van der Waals surface area contributed by atoms with E-state index in [9.17, 15) is 9.90 Å². The normalized spacial score (nSPS) is 16.5. The number of rotatable bonds is 6. The molecule has 0 spiro atoms. The molecule has 3 heterocycles. The first kappa shape index (κ1) is 21.4. The highest BCUT2D eigenvalue weighted by Gasteiger charge is 2.19. The number of aryl methyl sites for hydroxylation is 1. The minimum atomic E-state index is -0.0404. The van der Waals surface area contributed by atoms with Crippen LogP contribution in [0, 0.1) is 6.92 Å². The fourth-order valence-corrected chi connectivity index (χ4v) is 4.03. The van der Waals surface area contributed by atoms with Crippen LogP contribution < -0.4 is 15.5 Å². The van der Waals surface area contributed by atoms with Crippen molar-refractivity contribution in [1.82, 2.24) is 9.88 Å². The Bertz CT molecular complexity index is 908. The molecule has 2 aromatic rings. The minimum absolute atomic E-state index is 0.0375. The fraction of sp³-hybridized carbons (Fsp3) is 0.478. The number of carbonyl (C=O) groups is 1. The molecule has 31 heavy (non-hydrogen) atoms. The predicted octanol–water partition coefficient (Wildman–Crippen LogP) is 2.93. The van der Waals surface area contributed by atoms with Crippen LogP contribution in [0.1, 0.15) is 18.4 Å². The highest BCUT2D eigenvalue weighted by atomic mass is 16.5. The molecule has 3 N–H and O–H groups in total. The molecule has 2 aliphatic heterocycles. The third-order valence-corrected chi connectivity index (χ3v) is 5.76. The van der Waals surface area contributed by atoms with Crippen LogP contribution >= 0.6 is 0 Å². The fourth-order valence-electron chi connectivity index (χ4n) is 4.03. The molecule has 0 aliphatic carbocycles. The molecule has 0 saturated carbocycles. The summed E-state index contributed by atoms with van der Waals surface area (Å²) in [4.78, 5) is 21.4. The van der Waals surface area contributed by atoms with Crippen LogP contribution in [0.15, 0.2) is 30.3 Å². The molecule has 8 nitrogen and oxygen atoms in total. The molecule has 2 fully saturated rings. The number of morpholine rings is 1. The first-order chi connectivity index (χ1) is 15.1. The van der Waals surface area contributed by atoms with Gasteiger partial charge in [-0.25, -0.2) is 9.78 Å². The first-order valence-electron chi connectivity index (χ1n) is 11.0. The zero-order chi connectivity index (χ0) is 21.6. The van der Waals surface area contributed by atoms with Crippen molar-refractivity contribution in [3.8, 4) is 11.1 Å². The number of aliphatic hydroxyl groups is 1. The quantitative estimate of drug-likeness (QED) is 0.659. The van der Waals surface area contributed by atoms with Gasteiger partial charge in [-0.2, -0.15) is 0 Å². The van der Waals surface area contributed by atoms with Crippen LogP contribution in [0.2, 0.25) is 0 Å². The molecule has 0 radical (unpaired) electrons. The van der Waals surface area contributed by atoms with Gasteiger partial charge in [0.25, 0.3) is 0 Å². The average molecular weight is 426 g/mol. The smallest absolute Gasteiger partial charge is 0.321 e. The molecule has 4 rings (SSSR count). The maximum Gasteiger partial charge on any atom is 0.321 e. The van der Waals surface area contributed by atoms with Gasteiger partial charge in [-0.15, -0.1) is 0 Å². The van der Waals surface area contributed by atoms with Crippen LogP contribution in [0.25, 0.3) is 11.1 Å². The third-order valence-electron chi connectivity index (χ3n) is 5.76. The van der Waals surface area contributed by atoms with E-state index in [1.165, 1.54) is 0 Å². The van der Waals surface area contributed by atoms with Crippen molar-refractivity contribution in [2.24, 2.45) is 0 Å². The Kier molecular flexibility index (Phi) is 6.89. The SMILES string of the molecule is Cc1ccc(NC(=O)N2CCCC2)cc1-c1cc(NCCO)nc(N2CCOCC2)c1. The lowest BCUT2D eigenvalue weighted by atomic mass is 10.00. The van der Waals surface area contributed by atoms with Gasteiger partial charge in [0.05, 0.1) is 19.8 Å². The number of anilines is 3. The molecule has 0 bridgehead atoms. The van der Waals surface area contributed by atoms with Crippen LogP contribution in [0.3, 0.4) is 0 Å². The molecular weight excluding hydrogens is 394 g/mol. The van der Waals surface area contributed by atoms with Crippen molar-refractivity contribution in [3.05, 3.63) is 35.9 Å². The molecule has 0 atom stereocenters. The van der Waals surface area contributed by atoms with Gasteiger partial charge in [0.15, 0.2) is 0 Å². The Morgan fingerprint density at radius 2 is 1.90 bits per heavy atom. The number of benzene rings is 1. The molecule has 1 aromatic carbocycles. The Morgan fingerprint density at radius 3 is 2.65 bits per heavy atom. The summed E-state index contributed by atoms with van der Waals surface area (Å²) in [7, 11) is 0. The summed E-state index contributed by atoms with van der Waals surface area (Å²) in [6.45, 7) is 7.12. The predicted molar refractivity (Wildman–Crippen MR) is 123 cm³/mol. The van der Waals surface area contributed by atoms with Crippen molar-refractivity contribution in [1.29, 1.82) is 0 Å². The second-order valence-electron chi connectivity index (χ2n) is 8.00. The van der Waals surface area contributed by atoms with Gasteiger partial charge in [0, 0.05) is 38.4 Å². The zero-order valence-corrected chi connectivity index (χ0v) is 18.1. The topological polar surface area (TPSA) is 90.0 Å². The summed E-state index contributed by atoms with van der Waals surface area (Å²) >= 11 is 0. The third kappa shape index (κ3) is 5.26. The van der Waals surface area contributed by atoms with E-state index >= 15 is 0 Å². The summed E-state index contributed by atoms with van der Waals surface area (Å²) in [5.74, 6) is 1.60. The standard InChI is InChI=1S/C23H31N5O3/c1-17-4-5-19(25-23(30)28-7-2-3-8-28)16-20(17)18-14-21(24-6-11-29)26-22(15-18)27-9-12-31-13-10-27/h4-5,14-16,29H,2-3,6-13H2,1H3,(H,24,26)(H,25,30). The summed E-state index contributed by atoms with van der Waals surface area (Å²) in [6, 6.07) is 10.0. The number of nitrogens with one attached hydrogen (secondary N) is 2. The van der Waals surface area contributed by atoms with Crippen LogP contribution in [-0.4, -0.2) is 73.6 Å². The van der Waals surface area contributed by atoms with Crippen molar-refractivity contribution >= 4 is 23.4 Å². The van der Waals surface area contributed by atoms with E-state index in [0.29, 0.717) is 19.8 Å². The van der Waals surface area contributed by atoms with Crippen LogP contribution in [0.5, 0.6) is 0 Å².